The van der Waals surface area contributed by atoms with Gasteiger partial charge >= 0.3 is 12.0 Å². The largest absolute Gasteiger partial charge is 0.481 e. The number of aliphatic carboxylic acids is 1. The molecule has 0 unspecified atom stereocenters. The lowest BCUT2D eigenvalue weighted by molar-refractivity contribution is -0.137. The Morgan fingerprint density at radius 2 is 2.14 bits per heavy atom. The van der Waals surface area contributed by atoms with Gasteiger partial charge in [0.15, 0.2) is 0 Å². The zero-order chi connectivity index (χ0) is 15.8. The Hall–Kier alpha value is -1.27. The number of urea groups is 1. The van der Waals surface area contributed by atoms with E-state index in [2.05, 4.69) is 5.32 Å². The number of carboxylic acid groups (broad SMARTS) is 1. The van der Waals surface area contributed by atoms with Crippen LogP contribution in [0.15, 0.2) is 12.1 Å². The van der Waals surface area contributed by atoms with E-state index in [4.69, 9.17) is 16.7 Å². The lowest BCUT2D eigenvalue weighted by atomic mass is 10.2. The van der Waals surface area contributed by atoms with Gasteiger partial charge in [-0.2, -0.15) is 0 Å². The van der Waals surface area contributed by atoms with E-state index in [0.29, 0.717) is 19.5 Å². The minimum atomic E-state index is -0.839. The SMILES string of the molecule is CC(C)N(CCCC(=O)O)C(=O)NCCc1ccc(Cl)s1. The first-order chi connectivity index (χ1) is 9.90. The van der Waals surface area contributed by atoms with E-state index in [9.17, 15) is 9.59 Å². The summed E-state index contributed by atoms with van der Waals surface area (Å²) in [7, 11) is 0. The topological polar surface area (TPSA) is 69.6 Å². The minimum Gasteiger partial charge on any atom is -0.481 e. The maximum absolute atomic E-state index is 12.1. The molecule has 0 fully saturated rings. The summed E-state index contributed by atoms with van der Waals surface area (Å²) < 4.78 is 0.744. The molecule has 1 aromatic rings. The zero-order valence-electron chi connectivity index (χ0n) is 12.3. The average Bonchev–Trinajstić information content (AvgIpc) is 2.79. The van der Waals surface area contributed by atoms with Crippen LogP contribution in [0, 0.1) is 0 Å². The van der Waals surface area contributed by atoms with Crippen LogP contribution < -0.4 is 5.32 Å². The van der Waals surface area contributed by atoms with Crippen LogP contribution in [0.4, 0.5) is 4.79 Å². The van der Waals surface area contributed by atoms with Crippen molar-refractivity contribution in [1.82, 2.24) is 10.2 Å². The van der Waals surface area contributed by atoms with Crippen LogP contribution in [0.5, 0.6) is 0 Å². The second-order valence-electron chi connectivity index (χ2n) is 4.97. The van der Waals surface area contributed by atoms with Crippen molar-refractivity contribution in [2.24, 2.45) is 0 Å². The van der Waals surface area contributed by atoms with Crippen LogP contribution in [0.3, 0.4) is 0 Å². The second kappa shape index (κ2) is 8.89. The van der Waals surface area contributed by atoms with Crippen LogP contribution >= 0.6 is 22.9 Å². The monoisotopic (exact) mass is 332 g/mol. The van der Waals surface area contributed by atoms with E-state index < -0.39 is 5.97 Å². The Balaban J connectivity index is 2.36. The molecular formula is C14H21ClN2O3S. The van der Waals surface area contributed by atoms with Crippen LogP contribution in [0.2, 0.25) is 4.34 Å². The second-order valence-corrected chi connectivity index (χ2v) is 6.77. The third-order valence-corrected chi connectivity index (χ3v) is 4.24. The molecule has 1 aromatic heterocycles. The fourth-order valence-electron chi connectivity index (χ4n) is 1.88. The maximum atomic E-state index is 12.1. The van der Waals surface area contributed by atoms with Crippen molar-refractivity contribution in [1.29, 1.82) is 0 Å². The van der Waals surface area contributed by atoms with Crippen molar-refractivity contribution in [3.05, 3.63) is 21.3 Å². The Bertz CT molecular complexity index is 477. The van der Waals surface area contributed by atoms with Gasteiger partial charge < -0.3 is 15.3 Å². The van der Waals surface area contributed by atoms with Crippen LogP contribution in [0.25, 0.3) is 0 Å². The molecule has 1 rings (SSSR count). The van der Waals surface area contributed by atoms with Crippen molar-refractivity contribution in [3.8, 4) is 0 Å². The number of thiophene rings is 1. The van der Waals surface area contributed by atoms with Crippen LogP contribution in [-0.2, 0) is 11.2 Å². The first-order valence-electron chi connectivity index (χ1n) is 6.90. The van der Waals surface area contributed by atoms with E-state index in [1.54, 1.807) is 4.90 Å². The van der Waals surface area contributed by atoms with Gasteiger partial charge in [0.05, 0.1) is 4.34 Å². The van der Waals surface area contributed by atoms with Gasteiger partial charge in [-0.25, -0.2) is 4.79 Å². The van der Waals surface area contributed by atoms with Gasteiger partial charge in [0.2, 0.25) is 0 Å². The highest BCUT2D eigenvalue weighted by Crippen LogP contribution is 2.21. The van der Waals surface area contributed by atoms with Crippen molar-refractivity contribution < 1.29 is 14.7 Å². The number of nitrogens with zero attached hydrogens (tertiary/aromatic N) is 1. The van der Waals surface area contributed by atoms with Gasteiger partial charge in [0.1, 0.15) is 0 Å². The van der Waals surface area contributed by atoms with Crippen LogP contribution in [0.1, 0.15) is 31.6 Å². The molecule has 0 atom stereocenters. The number of nitrogens with one attached hydrogen (secondary N) is 1. The fraction of sp³-hybridized carbons (Fsp3) is 0.571. The molecule has 0 aliphatic heterocycles. The molecule has 0 bridgehead atoms. The quantitative estimate of drug-likeness (QED) is 0.767. The number of hydrogen-bond donors (Lipinski definition) is 2. The molecule has 2 N–H and O–H groups in total. The molecular weight excluding hydrogens is 312 g/mol. The summed E-state index contributed by atoms with van der Waals surface area (Å²) in [4.78, 5) is 25.4. The van der Waals surface area contributed by atoms with E-state index in [0.717, 1.165) is 15.6 Å². The first kappa shape index (κ1) is 17.8. The number of halogens is 1. The normalized spacial score (nSPS) is 10.7. The molecule has 7 heteroatoms. The molecule has 1 heterocycles. The van der Waals surface area contributed by atoms with Gasteiger partial charge in [0.25, 0.3) is 0 Å². The molecule has 0 radical (unpaired) electrons. The van der Waals surface area contributed by atoms with Crippen molar-refractivity contribution in [2.75, 3.05) is 13.1 Å². The van der Waals surface area contributed by atoms with E-state index >= 15 is 0 Å². The van der Waals surface area contributed by atoms with E-state index in [1.165, 1.54) is 11.3 Å². The fourth-order valence-corrected chi connectivity index (χ4v) is 2.96. The summed E-state index contributed by atoms with van der Waals surface area (Å²) >= 11 is 7.36. The Labute approximate surface area is 133 Å². The average molecular weight is 333 g/mol. The number of hydrogen-bond acceptors (Lipinski definition) is 3. The lowest BCUT2D eigenvalue weighted by Crippen LogP contribution is -2.45. The molecule has 118 valence electrons. The number of carbonyl (C=O) groups is 2. The number of amides is 2. The van der Waals surface area contributed by atoms with Crippen LogP contribution in [-0.4, -0.2) is 41.1 Å². The highest BCUT2D eigenvalue weighted by Gasteiger charge is 2.16. The molecule has 0 aliphatic rings. The lowest BCUT2D eigenvalue weighted by Gasteiger charge is -2.26. The molecule has 0 aromatic carbocycles. The summed E-state index contributed by atoms with van der Waals surface area (Å²) in [6, 6.07) is 3.68. The van der Waals surface area contributed by atoms with E-state index in [1.807, 2.05) is 26.0 Å². The van der Waals surface area contributed by atoms with E-state index in [-0.39, 0.29) is 18.5 Å². The molecule has 0 saturated carbocycles. The maximum Gasteiger partial charge on any atom is 0.317 e. The Kier molecular flexibility index (Phi) is 7.53. The Morgan fingerprint density at radius 3 is 2.67 bits per heavy atom. The first-order valence-corrected chi connectivity index (χ1v) is 8.10. The molecule has 5 nitrogen and oxygen atoms in total. The predicted molar refractivity (Wildman–Crippen MR) is 85.1 cm³/mol. The molecule has 2 amide bonds. The summed E-state index contributed by atoms with van der Waals surface area (Å²) in [6.07, 6.45) is 1.27. The third kappa shape index (κ3) is 6.82. The van der Waals surface area contributed by atoms with Gasteiger partial charge in [-0.15, -0.1) is 11.3 Å². The minimum absolute atomic E-state index is 0.0370. The number of carboxylic acids is 1. The molecule has 0 saturated heterocycles. The summed E-state index contributed by atoms with van der Waals surface area (Å²) in [5.74, 6) is -0.839. The molecule has 0 aliphatic carbocycles. The third-order valence-electron chi connectivity index (χ3n) is 2.95. The van der Waals surface area contributed by atoms with Gasteiger partial charge in [-0.1, -0.05) is 11.6 Å². The highest BCUT2D eigenvalue weighted by atomic mass is 35.5. The van der Waals surface area contributed by atoms with Gasteiger partial charge in [0, 0.05) is 30.4 Å². The molecule has 21 heavy (non-hydrogen) atoms. The highest BCUT2D eigenvalue weighted by molar-refractivity contribution is 7.16. The summed E-state index contributed by atoms with van der Waals surface area (Å²) in [5, 5.41) is 11.5. The van der Waals surface area contributed by atoms with Gasteiger partial charge in [-0.05, 0) is 38.8 Å². The zero-order valence-corrected chi connectivity index (χ0v) is 13.8. The summed E-state index contributed by atoms with van der Waals surface area (Å²) in [6.45, 7) is 4.82. The standard InChI is InChI=1S/C14H21ClN2O3S/c1-10(2)17(9-3-4-13(18)19)14(20)16-8-7-11-5-6-12(15)21-11/h5-6,10H,3-4,7-9H2,1-2H3,(H,16,20)(H,18,19). The number of carbonyl (C=O) groups excluding carboxylic acids is 1. The van der Waals surface area contributed by atoms with Crippen molar-refractivity contribution >= 4 is 34.9 Å². The van der Waals surface area contributed by atoms with Crippen molar-refractivity contribution in [3.63, 3.8) is 0 Å². The van der Waals surface area contributed by atoms with Gasteiger partial charge in [-0.3, -0.25) is 4.79 Å². The smallest absolute Gasteiger partial charge is 0.317 e. The van der Waals surface area contributed by atoms with Crippen molar-refractivity contribution in [2.45, 2.75) is 39.2 Å². The molecule has 0 spiro atoms. The number of rotatable bonds is 8. The Morgan fingerprint density at radius 1 is 1.43 bits per heavy atom. The summed E-state index contributed by atoms with van der Waals surface area (Å²) in [5.41, 5.74) is 0. The predicted octanol–water partition coefficient (Wildman–Crippen LogP) is 3.23.